The molecule has 3 rings (SSSR count). The maximum Gasteiger partial charge on any atom is 0.152 e. The van der Waals surface area contributed by atoms with E-state index in [4.69, 9.17) is 0 Å². The average molecular weight is 278 g/mol. The summed E-state index contributed by atoms with van der Waals surface area (Å²) in [4.78, 5) is 0. The monoisotopic (exact) mass is 278 g/mol. The van der Waals surface area contributed by atoms with Crippen LogP contribution < -0.4 is 5.32 Å². The predicted molar refractivity (Wildman–Crippen MR) is 84.9 cm³/mol. The molecule has 0 aliphatic heterocycles. The first-order valence-electron chi connectivity index (χ1n) is 6.99. The first-order chi connectivity index (χ1) is 10.3. The molecule has 1 aromatic heterocycles. The Morgan fingerprint density at radius 2 is 1.67 bits per heavy atom. The first-order valence-corrected chi connectivity index (χ1v) is 6.99. The van der Waals surface area contributed by atoms with Crippen molar-refractivity contribution in [2.75, 3.05) is 5.32 Å². The second-order valence-corrected chi connectivity index (χ2v) is 4.99. The summed E-state index contributed by atoms with van der Waals surface area (Å²) in [7, 11) is 1.98. The lowest BCUT2D eigenvalue weighted by atomic mass is 10.0. The SMILES string of the molecule is Cc1nnc(CNc2ccccc2-c2ccccc2)n1C. The highest BCUT2D eigenvalue weighted by Gasteiger charge is 2.07. The lowest BCUT2D eigenvalue weighted by Crippen LogP contribution is -2.07. The van der Waals surface area contributed by atoms with Crippen LogP contribution in [-0.2, 0) is 13.6 Å². The number of hydrogen-bond donors (Lipinski definition) is 1. The smallest absolute Gasteiger partial charge is 0.152 e. The minimum atomic E-state index is 0.654. The summed E-state index contributed by atoms with van der Waals surface area (Å²) < 4.78 is 2.00. The van der Waals surface area contributed by atoms with Gasteiger partial charge < -0.3 is 9.88 Å². The number of para-hydroxylation sites is 1. The van der Waals surface area contributed by atoms with Gasteiger partial charge in [0.05, 0.1) is 6.54 Å². The molecule has 0 unspecified atom stereocenters. The zero-order valence-electron chi connectivity index (χ0n) is 12.2. The maximum atomic E-state index is 4.18. The van der Waals surface area contributed by atoms with Gasteiger partial charge in [-0.25, -0.2) is 0 Å². The Balaban J connectivity index is 1.85. The standard InChI is InChI=1S/C17H18N4/c1-13-19-20-17(21(13)2)12-18-16-11-7-6-10-15(16)14-8-4-3-5-9-14/h3-11,18H,12H2,1-2H3. The van der Waals surface area contributed by atoms with Crippen molar-refractivity contribution in [1.29, 1.82) is 0 Å². The topological polar surface area (TPSA) is 42.7 Å². The molecule has 3 aromatic rings. The van der Waals surface area contributed by atoms with E-state index < -0.39 is 0 Å². The molecular weight excluding hydrogens is 260 g/mol. The van der Waals surface area contributed by atoms with Gasteiger partial charge in [0.25, 0.3) is 0 Å². The van der Waals surface area contributed by atoms with Crippen LogP contribution in [0, 0.1) is 6.92 Å². The summed E-state index contributed by atoms with van der Waals surface area (Å²) >= 11 is 0. The fourth-order valence-electron chi connectivity index (χ4n) is 2.29. The van der Waals surface area contributed by atoms with E-state index >= 15 is 0 Å². The molecular formula is C17H18N4. The Morgan fingerprint density at radius 3 is 2.38 bits per heavy atom. The lowest BCUT2D eigenvalue weighted by molar-refractivity contribution is 0.789. The van der Waals surface area contributed by atoms with Gasteiger partial charge in [-0.3, -0.25) is 0 Å². The van der Waals surface area contributed by atoms with E-state index in [2.05, 4.69) is 58.0 Å². The summed E-state index contributed by atoms with van der Waals surface area (Å²) in [6, 6.07) is 18.7. The molecule has 0 atom stereocenters. The van der Waals surface area contributed by atoms with Gasteiger partial charge in [-0.1, -0.05) is 48.5 Å². The van der Waals surface area contributed by atoms with Gasteiger partial charge >= 0.3 is 0 Å². The quantitative estimate of drug-likeness (QED) is 0.795. The lowest BCUT2D eigenvalue weighted by Gasteiger charge is -2.12. The number of nitrogens with zero attached hydrogens (tertiary/aromatic N) is 3. The van der Waals surface area contributed by atoms with E-state index in [0.29, 0.717) is 6.54 Å². The number of aryl methyl sites for hydroxylation is 1. The summed E-state index contributed by atoms with van der Waals surface area (Å²) in [5.41, 5.74) is 3.50. The van der Waals surface area contributed by atoms with Crippen LogP contribution in [-0.4, -0.2) is 14.8 Å². The van der Waals surface area contributed by atoms with Crippen molar-refractivity contribution in [2.24, 2.45) is 7.05 Å². The Bertz CT molecular complexity index is 732. The van der Waals surface area contributed by atoms with Crippen LogP contribution in [0.3, 0.4) is 0 Å². The second-order valence-electron chi connectivity index (χ2n) is 4.99. The predicted octanol–water partition coefficient (Wildman–Crippen LogP) is 3.40. The van der Waals surface area contributed by atoms with Gasteiger partial charge in [-0.2, -0.15) is 0 Å². The van der Waals surface area contributed by atoms with Crippen molar-refractivity contribution in [1.82, 2.24) is 14.8 Å². The molecule has 21 heavy (non-hydrogen) atoms. The molecule has 2 aromatic carbocycles. The molecule has 0 aliphatic rings. The second kappa shape index (κ2) is 5.79. The van der Waals surface area contributed by atoms with Gasteiger partial charge in [0.15, 0.2) is 5.82 Å². The maximum absolute atomic E-state index is 4.18. The highest BCUT2D eigenvalue weighted by Crippen LogP contribution is 2.27. The number of aromatic nitrogens is 3. The molecule has 0 aliphatic carbocycles. The van der Waals surface area contributed by atoms with E-state index in [9.17, 15) is 0 Å². The third kappa shape index (κ3) is 2.79. The van der Waals surface area contributed by atoms with E-state index in [0.717, 1.165) is 17.3 Å². The molecule has 0 bridgehead atoms. The molecule has 0 radical (unpaired) electrons. The number of benzene rings is 2. The Hall–Kier alpha value is -2.62. The van der Waals surface area contributed by atoms with E-state index in [1.54, 1.807) is 0 Å². The van der Waals surface area contributed by atoms with Crippen LogP contribution in [0.2, 0.25) is 0 Å². The largest absolute Gasteiger partial charge is 0.377 e. The molecule has 4 heteroatoms. The van der Waals surface area contributed by atoms with Gasteiger partial charge in [-0.15, -0.1) is 10.2 Å². The van der Waals surface area contributed by atoms with E-state index in [1.807, 2.05) is 30.7 Å². The van der Waals surface area contributed by atoms with Gasteiger partial charge in [-0.05, 0) is 18.6 Å². The van der Waals surface area contributed by atoms with Gasteiger partial charge in [0, 0.05) is 18.3 Å². The molecule has 106 valence electrons. The summed E-state index contributed by atoms with van der Waals surface area (Å²) in [6.45, 7) is 2.61. The molecule has 1 heterocycles. The van der Waals surface area contributed by atoms with Crippen molar-refractivity contribution in [3.05, 3.63) is 66.2 Å². The highest BCUT2D eigenvalue weighted by molar-refractivity contribution is 5.77. The Labute approximate surface area is 124 Å². The Morgan fingerprint density at radius 1 is 0.952 bits per heavy atom. The number of anilines is 1. The van der Waals surface area contributed by atoms with Crippen LogP contribution in [0.4, 0.5) is 5.69 Å². The molecule has 4 nitrogen and oxygen atoms in total. The molecule has 0 fully saturated rings. The molecule has 0 saturated heterocycles. The van der Waals surface area contributed by atoms with Gasteiger partial charge in [0.1, 0.15) is 5.82 Å². The fraction of sp³-hybridized carbons (Fsp3) is 0.176. The Kier molecular flexibility index (Phi) is 3.69. The third-order valence-corrected chi connectivity index (χ3v) is 3.63. The average Bonchev–Trinajstić information content (AvgIpc) is 2.86. The molecule has 1 N–H and O–H groups in total. The zero-order chi connectivity index (χ0) is 14.7. The van der Waals surface area contributed by atoms with E-state index in [-0.39, 0.29) is 0 Å². The van der Waals surface area contributed by atoms with Crippen LogP contribution in [0.1, 0.15) is 11.6 Å². The molecule has 0 spiro atoms. The third-order valence-electron chi connectivity index (χ3n) is 3.63. The molecule has 0 amide bonds. The summed E-state index contributed by atoms with van der Waals surface area (Å²) in [5.74, 6) is 1.85. The van der Waals surface area contributed by atoms with E-state index in [1.165, 1.54) is 11.1 Å². The van der Waals surface area contributed by atoms with Crippen molar-refractivity contribution in [2.45, 2.75) is 13.5 Å². The number of hydrogen-bond acceptors (Lipinski definition) is 3. The van der Waals surface area contributed by atoms with Crippen LogP contribution in [0.15, 0.2) is 54.6 Å². The van der Waals surface area contributed by atoms with Crippen molar-refractivity contribution in [3.8, 4) is 11.1 Å². The number of rotatable bonds is 4. The number of nitrogens with one attached hydrogen (secondary N) is 1. The minimum absolute atomic E-state index is 0.654. The fourth-order valence-corrected chi connectivity index (χ4v) is 2.29. The van der Waals surface area contributed by atoms with Gasteiger partial charge in [0.2, 0.25) is 0 Å². The van der Waals surface area contributed by atoms with Crippen molar-refractivity contribution in [3.63, 3.8) is 0 Å². The minimum Gasteiger partial charge on any atom is -0.377 e. The summed E-state index contributed by atoms with van der Waals surface area (Å²) in [5, 5.41) is 11.7. The molecule has 0 saturated carbocycles. The van der Waals surface area contributed by atoms with Crippen LogP contribution in [0.5, 0.6) is 0 Å². The first kappa shape index (κ1) is 13.4. The zero-order valence-corrected chi connectivity index (χ0v) is 12.2. The highest BCUT2D eigenvalue weighted by atomic mass is 15.3. The van der Waals surface area contributed by atoms with Crippen molar-refractivity contribution >= 4 is 5.69 Å². The summed E-state index contributed by atoms with van der Waals surface area (Å²) in [6.07, 6.45) is 0. The normalized spacial score (nSPS) is 10.6. The van der Waals surface area contributed by atoms with Crippen LogP contribution in [0.25, 0.3) is 11.1 Å². The van der Waals surface area contributed by atoms with Crippen LogP contribution >= 0.6 is 0 Å². The van der Waals surface area contributed by atoms with Crippen molar-refractivity contribution < 1.29 is 0 Å².